The number of carbonyl (C=O) groups excluding carboxylic acids is 3. The molecule has 124 valence electrons. The number of benzene rings is 1. The van der Waals surface area contributed by atoms with E-state index in [-0.39, 0.29) is 18.4 Å². The molecular formula is C17H22N2O4. The van der Waals surface area contributed by atoms with Crippen LogP contribution in [-0.2, 0) is 9.59 Å². The van der Waals surface area contributed by atoms with Gasteiger partial charge in [0.1, 0.15) is 18.6 Å². The lowest BCUT2D eigenvalue weighted by Crippen LogP contribution is -2.49. The first-order valence-corrected chi connectivity index (χ1v) is 7.79. The normalized spacial score (nSPS) is 16.6. The zero-order valence-electron chi connectivity index (χ0n) is 13.7. The summed E-state index contributed by atoms with van der Waals surface area (Å²) in [4.78, 5) is 38.8. The lowest BCUT2D eigenvalue weighted by Gasteiger charge is -2.33. The predicted octanol–water partition coefficient (Wildman–Crippen LogP) is 1.87. The molecule has 1 aromatic rings. The number of ether oxygens (including phenoxy) is 1. The van der Waals surface area contributed by atoms with Gasteiger partial charge in [-0.3, -0.25) is 19.3 Å². The highest BCUT2D eigenvalue weighted by atomic mass is 16.5. The summed E-state index contributed by atoms with van der Waals surface area (Å²) in [6, 6.07) is 4.85. The van der Waals surface area contributed by atoms with Gasteiger partial charge in [0, 0.05) is 19.2 Å². The molecule has 0 saturated heterocycles. The number of carbonyl (C=O) groups is 3. The molecule has 1 atom stereocenters. The van der Waals surface area contributed by atoms with E-state index in [2.05, 4.69) is 6.92 Å². The average molecular weight is 318 g/mol. The van der Waals surface area contributed by atoms with Crippen molar-refractivity contribution < 1.29 is 19.1 Å². The van der Waals surface area contributed by atoms with Crippen LogP contribution in [0.5, 0.6) is 5.75 Å². The molecule has 0 saturated carbocycles. The van der Waals surface area contributed by atoms with E-state index in [1.807, 2.05) is 0 Å². The first kappa shape index (κ1) is 17.0. The standard InChI is InChI=1S/C17H22N2O4/c1-4-5-8-18(3)16(21)10-19-14-9-13(11-20)6-7-15(14)23-12(2)17(19)22/h6-7,9,11-12H,4-5,8,10H2,1-3H3. The van der Waals surface area contributed by atoms with Crippen molar-refractivity contribution in [3.05, 3.63) is 23.8 Å². The molecule has 6 heteroatoms. The van der Waals surface area contributed by atoms with Crippen LogP contribution in [0, 0.1) is 0 Å². The molecule has 2 amide bonds. The van der Waals surface area contributed by atoms with Crippen LogP contribution in [0.4, 0.5) is 5.69 Å². The molecular weight excluding hydrogens is 296 g/mol. The molecule has 1 heterocycles. The minimum atomic E-state index is -0.654. The smallest absolute Gasteiger partial charge is 0.268 e. The Morgan fingerprint density at radius 1 is 1.43 bits per heavy atom. The highest BCUT2D eigenvalue weighted by molar-refractivity contribution is 6.04. The summed E-state index contributed by atoms with van der Waals surface area (Å²) in [6.45, 7) is 4.31. The zero-order valence-corrected chi connectivity index (χ0v) is 13.7. The van der Waals surface area contributed by atoms with E-state index in [4.69, 9.17) is 4.74 Å². The molecule has 23 heavy (non-hydrogen) atoms. The maximum Gasteiger partial charge on any atom is 0.268 e. The Morgan fingerprint density at radius 3 is 2.83 bits per heavy atom. The first-order chi connectivity index (χ1) is 11.0. The minimum absolute atomic E-state index is 0.0535. The highest BCUT2D eigenvalue weighted by Crippen LogP contribution is 2.34. The van der Waals surface area contributed by atoms with E-state index < -0.39 is 6.10 Å². The molecule has 1 aromatic carbocycles. The van der Waals surface area contributed by atoms with Crippen LogP contribution >= 0.6 is 0 Å². The van der Waals surface area contributed by atoms with E-state index in [0.717, 1.165) is 12.8 Å². The SMILES string of the molecule is CCCCN(C)C(=O)CN1C(=O)C(C)Oc2ccc(C=O)cc21. The molecule has 0 aromatic heterocycles. The van der Waals surface area contributed by atoms with E-state index in [9.17, 15) is 14.4 Å². The van der Waals surface area contributed by atoms with Crippen molar-refractivity contribution in [2.75, 3.05) is 25.0 Å². The largest absolute Gasteiger partial charge is 0.479 e. The minimum Gasteiger partial charge on any atom is -0.479 e. The number of amides is 2. The molecule has 0 radical (unpaired) electrons. The number of unbranched alkanes of at least 4 members (excludes halogenated alkanes) is 1. The van der Waals surface area contributed by atoms with Crippen LogP contribution in [0.1, 0.15) is 37.0 Å². The third kappa shape index (κ3) is 3.70. The summed E-state index contributed by atoms with van der Waals surface area (Å²) in [5.74, 6) is 0.0906. The van der Waals surface area contributed by atoms with Gasteiger partial charge in [-0.15, -0.1) is 0 Å². The second-order valence-electron chi connectivity index (χ2n) is 5.70. The molecule has 0 N–H and O–H groups in total. The second-order valence-corrected chi connectivity index (χ2v) is 5.70. The average Bonchev–Trinajstić information content (AvgIpc) is 2.56. The number of nitrogens with zero attached hydrogens (tertiary/aromatic N) is 2. The Balaban J connectivity index is 2.25. The number of aldehydes is 1. The van der Waals surface area contributed by atoms with E-state index in [1.165, 1.54) is 4.90 Å². The lowest BCUT2D eigenvalue weighted by atomic mass is 10.1. The van der Waals surface area contributed by atoms with Gasteiger partial charge in [0.2, 0.25) is 5.91 Å². The van der Waals surface area contributed by atoms with Crippen molar-refractivity contribution in [1.29, 1.82) is 0 Å². The molecule has 2 rings (SSSR count). The number of rotatable bonds is 6. The second kappa shape index (κ2) is 7.26. The fourth-order valence-corrected chi connectivity index (χ4v) is 2.44. The van der Waals surface area contributed by atoms with Crippen LogP contribution < -0.4 is 9.64 Å². The van der Waals surface area contributed by atoms with Gasteiger partial charge < -0.3 is 9.64 Å². The molecule has 0 fully saturated rings. The Labute approximate surface area is 136 Å². The summed E-state index contributed by atoms with van der Waals surface area (Å²) >= 11 is 0. The van der Waals surface area contributed by atoms with Gasteiger partial charge in [-0.1, -0.05) is 13.3 Å². The van der Waals surface area contributed by atoms with Gasteiger partial charge in [-0.25, -0.2) is 0 Å². The van der Waals surface area contributed by atoms with Crippen LogP contribution in [0.15, 0.2) is 18.2 Å². The van der Waals surface area contributed by atoms with Gasteiger partial charge >= 0.3 is 0 Å². The van der Waals surface area contributed by atoms with Crippen LogP contribution in [0.3, 0.4) is 0 Å². The van der Waals surface area contributed by atoms with Gasteiger partial charge in [-0.2, -0.15) is 0 Å². The van der Waals surface area contributed by atoms with Crippen molar-refractivity contribution >= 4 is 23.8 Å². The maximum absolute atomic E-state index is 12.4. The lowest BCUT2D eigenvalue weighted by molar-refractivity contribution is -0.132. The van der Waals surface area contributed by atoms with Gasteiger partial charge in [0.05, 0.1) is 5.69 Å². The van der Waals surface area contributed by atoms with Crippen LogP contribution in [-0.4, -0.2) is 49.2 Å². The molecule has 1 unspecified atom stereocenters. The molecule has 1 aliphatic heterocycles. The summed E-state index contributed by atoms with van der Waals surface area (Å²) in [7, 11) is 1.73. The molecule has 0 bridgehead atoms. The summed E-state index contributed by atoms with van der Waals surface area (Å²) in [6.07, 6.45) is 1.97. The molecule has 6 nitrogen and oxygen atoms in total. The summed E-state index contributed by atoms with van der Waals surface area (Å²) in [5.41, 5.74) is 0.904. The third-order valence-electron chi connectivity index (χ3n) is 3.89. The Morgan fingerprint density at radius 2 is 2.17 bits per heavy atom. The van der Waals surface area contributed by atoms with Crippen LogP contribution in [0.25, 0.3) is 0 Å². The molecule has 0 spiro atoms. The number of anilines is 1. The molecule has 0 aliphatic carbocycles. The van der Waals surface area contributed by atoms with Crippen molar-refractivity contribution in [2.24, 2.45) is 0 Å². The Hall–Kier alpha value is -2.37. The van der Waals surface area contributed by atoms with Crippen LogP contribution in [0.2, 0.25) is 0 Å². The Kier molecular flexibility index (Phi) is 5.36. The van der Waals surface area contributed by atoms with Gasteiger partial charge in [0.15, 0.2) is 6.10 Å². The number of hydrogen-bond donors (Lipinski definition) is 0. The summed E-state index contributed by atoms with van der Waals surface area (Å²) < 4.78 is 5.55. The Bertz CT molecular complexity index is 615. The van der Waals surface area contributed by atoms with Crippen molar-refractivity contribution in [2.45, 2.75) is 32.8 Å². The monoisotopic (exact) mass is 318 g/mol. The quantitative estimate of drug-likeness (QED) is 0.751. The van der Waals surface area contributed by atoms with E-state index in [0.29, 0.717) is 29.8 Å². The number of hydrogen-bond acceptors (Lipinski definition) is 4. The van der Waals surface area contributed by atoms with Crippen molar-refractivity contribution in [1.82, 2.24) is 4.90 Å². The van der Waals surface area contributed by atoms with Crippen molar-refractivity contribution in [3.63, 3.8) is 0 Å². The first-order valence-electron chi connectivity index (χ1n) is 7.79. The molecule has 1 aliphatic rings. The number of likely N-dealkylation sites (N-methyl/N-ethyl adjacent to an activating group) is 1. The zero-order chi connectivity index (χ0) is 17.0. The third-order valence-corrected chi connectivity index (χ3v) is 3.89. The van der Waals surface area contributed by atoms with Gasteiger partial charge in [-0.05, 0) is 31.5 Å². The fraction of sp³-hybridized carbons (Fsp3) is 0.471. The topological polar surface area (TPSA) is 66.9 Å². The van der Waals surface area contributed by atoms with Gasteiger partial charge in [0.25, 0.3) is 5.91 Å². The van der Waals surface area contributed by atoms with Crippen molar-refractivity contribution in [3.8, 4) is 5.75 Å². The van der Waals surface area contributed by atoms with E-state index in [1.54, 1.807) is 37.1 Å². The maximum atomic E-state index is 12.4. The summed E-state index contributed by atoms with van der Waals surface area (Å²) in [5, 5.41) is 0. The van der Waals surface area contributed by atoms with E-state index >= 15 is 0 Å². The fourth-order valence-electron chi connectivity index (χ4n) is 2.44. The predicted molar refractivity (Wildman–Crippen MR) is 86.8 cm³/mol. The highest BCUT2D eigenvalue weighted by Gasteiger charge is 2.33. The number of fused-ring (bicyclic) bond motifs is 1.